The van der Waals surface area contributed by atoms with E-state index >= 15 is 0 Å². The number of hydrogen-bond acceptors (Lipinski definition) is 3. The van der Waals surface area contributed by atoms with E-state index in [1.807, 2.05) is 18.1 Å². The van der Waals surface area contributed by atoms with Gasteiger partial charge < -0.3 is 4.98 Å². The number of nitrogens with zero attached hydrogens (tertiary/aromatic N) is 3. The lowest BCUT2D eigenvalue weighted by atomic mass is 9.74. The zero-order valence-corrected chi connectivity index (χ0v) is 18.2. The lowest BCUT2D eigenvalue weighted by molar-refractivity contribution is 0.367. The Labute approximate surface area is 177 Å². The zero-order valence-electron chi connectivity index (χ0n) is 18.2. The van der Waals surface area contributed by atoms with E-state index in [4.69, 9.17) is 10.1 Å². The number of aromatic amines is 1. The van der Waals surface area contributed by atoms with Crippen LogP contribution in [0.15, 0.2) is 59.7 Å². The number of para-hydroxylation sites is 2. The number of hydrazone groups is 1. The van der Waals surface area contributed by atoms with Crippen LogP contribution in [-0.2, 0) is 12.8 Å². The van der Waals surface area contributed by atoms with Crippen LogP contribution in [0.25, 0.3) is 21.8 Å². The molecule has 4 aromatic rings. The van der Waals surface area contributed by atoms with E-state index in [1.165, 1.54) is 33.2 Å². The fourth-order valence-corrected chi connectivity index (χ4v) is 4.77. The van der Waals surface area contributed by atoms with Gasteiger partial charge in [-0.3, -0.25) is 9.99 Å². The van der Waals surface area contributed by atoms with Crippen molar-refractivity contribution in [3.05, 3.63) is 71.5 Å². The zero-order chi connectivity index (χ0) is 20.9. The molecule has 4 heteroatoms. The number of H-pyrrole nitrogens is 1. The van der Waals surface area contributed by atoms with Crippen molar-refractivity contribution < 1.29 is 0 Å². The maximum atomic E-state index is 5.19. The van der Waals surface area contributed by atoms with Gasteiger partial charge in [-0.2, -0.15) is 5.10 Å². The van der Waals surface area contributed by atoms with E-state index < -0.39 is 0 Å². The minimum atomic E-state index is 0.126. The molecule has 1 N–H and O–H groups in total. The average molecular weight is 397 g/mol. The van der Waals surface area contributed by atoms with Crippen LogP contribution < -0.4 is 5.01 Å². The van der Waals surface area contributed by atoms with Crippen molar-refractivity contribution in [1.29, 1.82) is 0 Å². The van der Waals surface area contributed by atoms with Crippen LogP contribution in [-0.4, -0.2) is 22.7 Å². The van der Waals surface area contributed by atoms with E-state index in [0.29, 0.717) is 0 Å². The summed E-state index contributed by atoms with van der Waals surface area (Å²) in [6.45, 7) is 6.83. The fourth-order valence-electron chi connectivity index (χ4n) is 4.77. The lowest BCUT2D eigenvalue weighted by Gasteiger charge is -2.33. The van der Waals surface area contributed by atoms with Gasteiger partial charge in [-0.05, 0) is 42.9 Å². The summed E-state index contributed by atoms with van der Waals surface area (Å²) in [7, 11) is 2.03. The maximum Gasteiger partial charge on any atom is 0.0726 e. The van der Waals surface area contributed by atoms with E-state index in [9.17, 15) is 0 Å². The Bertz CT molecular complexity index is 1260. The third-order valence-corrected chi connectivity index (χ3v) is 6.12. The number of nitrogens with one attached hydrogen (secondary N) is 1. The van der Waals surface area contributed by atoms with Gasteiger partial charge in [0.05, 0.1) is 28.3 Å². The number of aromatic nitrogens is 2. The first kappa shape index (κ1) is 18.9. The van der Waals surface area contributed by atoms with Crippen LogP contribution in [0.4, 0.5) is 5.69 Å². The van der Waals surface area contributed by atoms with Crippen LogP contribution in [0, 0.1) is 5.41 Å². The van der Waals surface area contributed by atoms with Gasteiger partial charge in [0.2, 0.25) is 0 Å². The number of hydrogen-bond donors (Lipinski definition) is 1. The lowest BCUT2D eigenvalue weighted by Crippen LogP contribution is -2.30. The Morgan fingerprint density at radius 1 is 1.03 bits per heavy atom. The SMILES string of the molecule is CCc1nc2c(c3[nH]c4ccccc4c13)/C(=N/N(C)c1ccccc1)CC(C)(C)C2. The number of benzene rings is 2. The molecule has 0 atom stereocenters. The molecule has 0 amide bonds. The van der Waals surface area contributed by atoms with Crippen LogP contribution in [0.1, 0.15) is 44.1 Å². The van der Waals surface area contributed by atoms with Crippen molar-refractivity contribution in [2.24, 2.45) is 10.5 Å². The standard InChI is InChI=1S/C26H28N4/c1-5-19-23-18-13-9-10-14-20(18)28-25(23)24-21(27-19)15-26(2,3)16-22(24)29-30(4)17-11-7-6-8-12-17/h6-14,28H,5,15-16H2,1-4H3/b29-22+. The van der Waals surface area contributed by atoms with E-state index in [1.54, 1.807) is 0 Å². The first-order valence-electron chi connectivity index (χ1n) is 10.8. The Morgan fingerprint density at radius 3 is 2.53 bits per heavy atom. The molecule has 152 valence electrons. The third kappa shape index (κ3) is 3.07. The van der Waals surface area contributed by atoms with Gasteiger partial charge in [-0.25, -0.2) is 0 Å². The maximum absolute atomic E-state index is 5.19. The average Bonchev–Trinajstić information content (AvgIpc) is 3.12. The molecular formula is C26H28N4. The second kappa shape index (κ2) is 6.98. The summed E-state index contributed by atoms with van der Waals surface area (Å²) in [5.41, 5.74) is 8.21. The van der Waals surface area contributed by atoms with Crippen LogP contribution in [0.5, 0.6) is 0 Å². The first-order valence-corrected chi connectivity index (χ1v) is 10.8. The molecular weight excluding hydrogens is 368 g/mol. The van der Waals surface area contributed by atoms with E-state index in [2.05, 4.69) is 74.3 Å². The van der Waals surface area contributed by atoms with Gasteiger partial charge in [0.25, 0.3) is 0 Å². The monoisotopic (exact) mass is 396 g/mol. The van der Waals surface area contributed by atoms with E-state index in [0.717, 1.165) is 36.2 Å². The molecule has 1 aliphatic carbocycles. The van der Waals surface area contributed by atoms with E-state index in [-0.39, 0.29) is 5.41 Å². The van der Waals surface area contributed by atoms with Crippen LogP contribution in [0.3, 0.4) is 0 Å². The normalized spacial score (nSPS) is 16.9. The van der Waals surface area contributed by atoms with Gasteiger partial charge in [0, 0.05) is 28.9 Å². The highest BCUT2D eigenvalue weighted by molar-refractivity contribution is 6.18. The Hall–Kier alpha value is -3.14. The summed E-state index contributed by atoms with van der Waals surface area (Å²) < 4.78 is 0. The van der Waals surface area contributed by atoms with Gasteiger partial charge >= 0.3 is 0 Å². The molecule has 0 saturated heterocycles. The molecule has 0 aliphatic heterocycles. The Balaban J connectivity index is 1.79. The van der Waals surface area contributed by atoms with Crippen LogP contribution >= 0.6 is 0 Å². The van der Waals surface area contributed by atoms with Gasteiger partial charge in [0.15, 0.2) is 0 Å². The highest BCUT2D eigenvalue weighted by atomic mass is 15.4. The molecule has 5 rings (SSSR count). The molecule has 2 aromatic carbocycles. The van der Waals surface area contributed by atoms with Crippen molar-refractivity contribution in [2.45, 2.75) is 40.0 Å². The number of anilines is 1. The van der Waals surface area contributed by atoms with Gasteiger partial charge in [-0.15, -0.1) is 0 Å². The molecule has 0 radical (unpaired) electrons. The van der Waals surface area contributed by atoms with Crippen molar-refractivity contribution >= 4 is 33.2 Å². The Kier molecular flexibility index (Phi) is 4.39. The summed E-state index contributed by atoms with van der Waals surface area (Å²) in [5.74, 6) is 0. The summed E-state index contributed by atoms with van der Waals surface area (Å²) in [5, 5.41) is 9.60. The largest absolute Gasteiger partial charge is 0.354 e. The first-order chi connectivity index (χ1) is 14.5. The quantitative estimate of drug-likeness (QED) is 0.426. The minimum absolute atomic E-state index is 0.126. The van der Waals surface area contributed by atoms with Crippen molar-refractivity contribution in [1.82, 2.24) is 9.97 Å². The number of pyridine rings is 1. The molecule has 2 heterocycles. The van der Waals surface area contributed by atoms with Crippen molar-refractivity contribution in [2.75, 3.05) is 12.1 Å². The molecule has 0 spiro atoms. The second-order valence-electron chi connectivity index (χ2n) is 9.08. The topological polar surface area (TPSA) is 44.3 Å². The van der Waals surface area contributed by atoms with Gasteiger partial charge in [-0.1, -0.05) is 57.2 Å². The third-order valence-electron chi connectivity index (χ3n) is 6.12. The highest BCUT2D eigenvalue weighted by Gasteiger charge is 2.34. The number of fused-ring (bicyclic) bond motifs is 5. The summed E-state index contributed by atoms with van der Waals surface area (Å²) in [6, 6.07) is 18.9. The number of rotatable bonds is 3. The predicted octanol–water partition coefficient (Wildman–Crippen LogP) is 6.09. The molecule has 30 heavy (non-hydrogen) atoms. The fraction of sp³-hybridized carbons (Fsp3) is 0.308. The molecule has 0 bridgehead atoms. The summed E-state index contributed by atoms with van der Waals surface area (Å²) in [6.07, 6.45) is 2.81. The molecule has 4 nitrogen and oxygen atoms in total. The second-order valence-corrected chi connectivity index (χ2v) is 9.08. The molecule has 1 aliphatic rings. The van der Waals surface area contributed by atoms with Crippen molar-refractivity contribution in [3.8, 4) is 0 Å². The summed E-state index contributed by atoms with van der Waals surface area (Å²) in [4.78, 5) is 8.90. The Morgan fingerprint density at radius 2 is 1.77 bits per heavy atom. The molecule has 0 fully saturated rings. The minimum Gasteiger partial charge on any atom is -0.354 e. The molecule has 0 saturated carbocycles. The molecule has 0 unspecified atom stereocenters. The summed E-state index contributed by atoms with van der Waals surface area (Å²) >= 11 is 0. The van der Waals surface area contributed by atoms with Crippen LogP contribution in [0.2, 0.25) is 0 Å². The van der Waals surface area contributed by atoms with Crippen molar-refractivity contribution in [3.63, 3.8) is 0 Å². The predicted molar refractivity (Wildman–Crippen MR) is 126 cm³/mol. The molecule has 2 aromatic heterocycles. The number of aryl methyl sites for hydroxylation is 1. The highest BCUT2D eigenvalue weighted by Crippen LogP contribution is 2.40. The smallest absolute Gasteiger partial charge is 0.0726 e. The van der Waals surface area contributed by atoms with Gasteiger partial charge in [0.1, 0.15) is 0 Å².